The molecule has 15 heavy (non-hydrogen) atoms. The standard InChI is InChI=1S/C12H24N2S/c1-9-10(2)14(6-5-12(9)13)8-11-4-3-7-15-11/h9-12H,3-8,13H2,1-2H3. The maximum Gasteiger partial charge on any atom is 0.0175 e. The van der Waals surface area contributed by atoms with Crippen molar-refractivity contribution in [3.63, 3.8) is 0 Å². The minimum absolute atomic E-state index is 0.424. The largest absolute Gasteiger partial charge is 0.327 e. The van der Waals surface area contributed by atoms with E-state index in [2.05, 4.69) is 30.5 Å². The summed E-state index contributed by atoms with van der Waals surface area (Å²) in [7, 11) is 0. The van der Waals surface area contributed by atoms with E-state index >= 15 is 0 Å². The van der Waals surface area contributed by atoms with Crippen molar-refractivity contribution in [3.8, 4) is 0 Å². The van der Waals surface area contributed by atoms with E-state index in [1.165, 1.54) is 38.1 Å². The van der Waals surface area contributed by atoms with Gasteiger partial charge >= 0.3 is 0 Å². The summed E-state index contributed by atoms with van der Waals surface area (Å²) in [6, 6.07) is 1.10. The van der Waals surface area contributed by atoms with Gasteiger partial charge in [0.25, 0.3) is 0 Å². The average Bonchev–Trinajstić information content (AvgIpc) is 2.72. The van der Waals surface area contributed by atoms with Crippen molar-refractivity contribution < 1.29 is 0 Å². The second kappa shape index (κ2) is 5.07. The van der Waals surface area contributed by atoms with E-state index in [9.17, 15) is 0 Å². The molecule has 2 nitrogen and oxygen atoms in total. The fourth-order valence-corrected chi connectivity index (χ4v) is 4.08. The van der Waals surface area contributed by atoms with E-state index in [1.54, 1.807) is 0 Å². The summed E-state index contributed by atoms with van der Waals surface area (Å²) in [5.74, 6) is 2.03. The highest BCUT2D eigenvalue weighted by Gasteiger charge is 2.31. The molecule has 0 radical (unpaired) electrons. The Morgan fingerprint density at radius 3 is 2.80 bits per heavy atom. The van der Waals surface area contributed by atoms with Crippen LogP contribution in [0.2, 0.25) is 0 Å². The first-order chi connectivity index (χ1) is 7.18. The third-order valence-corrected chi connectivity index (χ3v) is 5.60. The van der Waals surface area contributed by atoms with E-state index in [-0.39, 0.29) is 0 Å². The monoisotopic (exact) mass is 228 g/mol. The summed E-state index contributed by atoms with van der Waals surface area (Å²) in [5, 5.41) is 0.897. The van der Waals surface area contributed by atoms with Gasteiger partial charge in [-0.05, 0) is 44.4 Å². The molecular formula is C12H24N2S. The summed E-state index contributed by atoms with van der Waals surface area (Å²) >= 11 is 2.17. The lowest BCUT2D eigenvalue weighted by molar-refractivity contribution is 0.0983. The zero-order valence-electron chi connectivity index (χ0n) is 9.98. The Balaban J connectivity index is 1.86. The molecule has 88 valence electrons. The molecule has 0 aromatic rings. The van der Waals surface area contributed by atoms with E-state index in [4.69, 9.17) is 5.73 Å². The topological polar surface area (TPSA) is 29.3 Å². The molecule has 2 saturated heterocycles. The Morgan fingerprint density at radius 1 is 1.33 bits per heavy atom. The van der Waals surface area contributed by atoms with Gasteiger partial charge in [-0.2, -0.15) is 11.8 Å². The quantitative estimate of drug-likeness (QED) is 0.783. The number of nitrogens with two attached hydrogens (primary N) is 1. The predicted molar refractivity (Wildman–Crippen MR) is 68.3 cm³/mol. The van der Waals surface area contributed by atoms with Crippen molar-refractivity contribution in [1.82, 2.24) is 4.90 Å². The number of piperidine rings is 1. The fraction of sp³-hybridized carbons (Fsp3) is 1.00. The first-order valence-corrected chi connectivity index (χ1v) is 7.34. The van der Waals surface area contributed by atoms with Crippen molar-refractivity contribution >= 4 is 11.8 Å². The molecule has 3 heteroatoms. The molecule has 0 bridgehead atoms. The fourth-order valence-electron chi connectivity index (χ4n) is 2.78. The van der Waals surface area contributed by atoms with E-state index in [0.29, 0.717) is 18.0 Å². The van der Waals surface area contributed by atoms with Gasteiger partial charge in [0, 0.05) is 23.9 Å². The summed E-state index contributed by atoms with van der Waals surface area (Å²) in [4.78, 5) is 2.66. The number of thioether (sulfide) groups is 1. The van der Waals surface area contributed by atoms with E-state index < -0.39 is 0 Å². The SMILES string of the molecule is CC1C(N)CCN(CC2CCCS2)C1C. The average molecular weight is 228 g/mol. The Labute approximate surface area is 98.0 Å². The summed E-state index contributed by atoms with van der Waals surface area (Å²) in [6.45, 7) is 7.17. The van der Waals surface area contributed by atoms with Gasteiger partial charge < -0.3 is 5.73 Å². The molecule has 0 saturated carbocycles. The van der Waals surface area contributed by atoms with E-state index in [0.717, 1.165) is 5.25 Å². The molecule has 4 atom stereocenters. The van der Waals surface area contributed by atoms with Gasteiger partial charge in [-0.25, -0.2) is 0 Å². The number of nitrogens with zero attached hydrogens (tertiary/aromatic N) is 1. The van der Waals surface area contributed by atoms with Gasteiger partial charge in [-0.15, -0.1) is 0 Å². The van der Waals surface area contributed by atoms with Crippen molar-refractivity contribution in [2.75, 3.05) is 18.8 Å². The number of likely N-dealkylation sites (tertiary alicyclic amines) is 1. The van der Waals surface area contributed by atoms with Crippen LogP contribution in [0.15, 0.2) is 0 Å². The lowest BCUT2D eigenvalue weighted by Crippen LogP contribution is -2.53. The van der Waals surface area contributed by atoms with Crippen molar-refractivity contribution in [1.29, 1.82) is 0 Å². The van der Waals surface area contributed by atoms with Gasteiger partial charge in [-0.3, -0.25) is 4.90 Å². The molecule has 2 aliphatic heterocycles. The van der Waals surface area contributed by atoms with Gasteiger partial charge in [-0.1, -0.05) is 6.92 Å². The van der Waals surface area contributed by atoms with Gasteiger partial charge in [0.15, 0.2) is 0 Å². The third-order valence-electron chi connectivity index (χ3n) is 4.22. The summed E-state index contributed by atoms with van der Waals surface area (Å²) in [6.07, 6.45) is 4.03. The van der Waals surface area contributed by atoms with Crippen LogP contribution in [-0.2, 0) is 0 Å². The molecule has 0 amide bonds. The molecule has 2 fully saturated rings. The smallest absolute Gasteiger partial charge is 0.0175 e. The zero-order chi connectivity index (χ0) is 10.8. The van der Waals surface area contributed by atoms with E-state index in [1.807, 2.05) is 0 Å². The zero-order valence-corrected chi connectivity index (χ0v) is 10.8. The van der Waals surface area contributed by atoms with Crippen molar-refractivity contribution in [2.24, 2.45) is 11.7 Å². The Kier molecular flexibility index (Phi) is 3.97. The molecule has 2 heterocycles. The number of rotatable bonds is 2. The van der Waals surface area contributed by atoms with Crippen LogP contribution in [0, 0.1) is 5.92 Å². The first kappa shape index (κ1) is 11.7. The van der Waals surface area contributed by atoms with Crippen LogP contribution >= 0.6 is 11.8 Å². The number of hydrogen-bond acceptors (Lipinski definition) is 3. The highest BCUT2D eigenvalue weighted by Crippen LogP contribution is 2.30. The molecule has 2 N–H and O–H groups in total. The normalized spacial score (nSPS) is 43.4. The van der Waals surface area contributed by atoms with Crippen LogP contribution in [0.25, 0.3) is 0 Å². The maximum absolute atomic E-state index is 6.11. The van der Waals surface area contributed by atoms with Crippen LogP contribution in [0.1, 0.15) is 33.1 Å². The number of hydrogen-bond donors (Lipinski definition) is 1. The highest BCUT2D eigenvalue weighted by molar-refractivity contribution is 8.00. The molecule has 0 spiro atoms. The molecule has 4 unspecified atom stereocenters. The summed E-state index contributed by atoms with van der Waals surface area (Å²) < 4.78 is 0. The van der Waals surface area contributed by atoms with Crippen LogP contribution in [0.4, 0.5) is 0 Å². The molecule has 2 rings (SSSR count). The Hall–Kier alpha value is 0.270. The van der Waals surface area contributed by atoms with Crippen LogP contribution in [0.3, 0.4) is 0 Å². The Bertz CT molecular complexity index is 204. The molecule has 0 aliphatic carbocycles. The Morgan fingerprint density at radius 2 is 2.13 bits per heavy atom. The van der Waals surface area contributed by atoms with Crippen molar-refractivity contribution in [2.45, 2.75) is 50.4 Å². The lowest BCUT2D eigenvalue weighted by atomic mass is 9.87. The maximum atomic E-state index is 6.11. The predicted octanol–water partition coefficient (Wildman–Crippen LogP) is 1.94. The van der Waals surface area contributed by atoms with Gasteiger partial charge in [0.05, 0.1) is 0 Å². The second-order valence-corrected chi connectivity index (χ2v) is 6.59. The van der Waals surface area contributed by atoms with Crippen LogP contribution in [-0.4, -0.2) is 41.1 Å². The molecular weight excluding hydrogens is 204 g/mol. The third kappa shape index (κ3) is 2.69. The summed E-state index contributed by atoms with van der Waals surface area (Å²) in [5.41, 5.74) is 6.11. The van der Waals surface area contributed by atoms with Gasteiger partial charge in [0.2, 0.25) is 0 Å². The minimum atomic E-state index is 0.424. The molecule has 0 aromatic heterocycles. The first-order valence-electron chi connectivity index (χ1n) is 6.29. The lowest BCUT2D eigenvalue weighted by Gasteiger charge is -2.42. The molecule has 0 aromatic carbocycles. The second-order valence-electron chi connectivity index (χ2n) is 5.18. The van der Waals surface area contributed by atoms with Gasteiger partial charge in [0.1, 0.15) is 0 Å². The molecule has 2 aliphatic rings. The van der Waals surface area contributed by atoms with Crippen LogP contribution in [0.5, 0.6) is 0 Å². The minimum Gasteiger partial charge on any atom is -0.327 e. The highest BCUT2D eigenvalue weighted by atomic mass is 32.2. The van der Waals surface area contributed by atoms with Crippen molar-refractivity contribution in [3.05, 3.63) is 0 Å². The van der Waals surface area contributed by atoms with Crippen LogP contribution < -0.4 is 5.73 Å².